The molecule has 90 heavy (non-hydrogen) atoms. The molecule has 34 heteroatoms. The van der Waals surface area contributed by atoms with Crippen LogP contribution in [0, 0.1) is 12.7 Å². The predicted molar refractivity (Wildman–Crippen MR) is 323 cm³/mol. The van der Waals surface area contributed by atoms with Crippen LogP contribution in [0.1, 0.15) is 57.6 Å². The Morgan fingerprint density at radius 3 is 1.41 bits per heavy atom. The molecule has 12 aromatic rings. The van der Waals surface area contributed by atoms with Crippen molar-refractivity contribution in [1.82, 2.24) is 64.4 Å². The molecule has 0 aliphatic heterocycles. The highest BCUT2D eigenvalue weighted by Gasteiger charge is 2.27. The lowest BCUT2D eigenvalue weighted by Gasteiger charge is -2.06. The van der Waals surface area contributed by atoms with Crippen molar-refractivity contribution in [2.24, 2.45) is 0 Å². The van der Waals surface area contributed by atoms with Gasteiger partial charge in [0.25, 0.3) is 27.8 Å². The van der Waals surface area contributed by atoms with Crippen molar-refractivity contribution in [3.8, 4) is 28.9 Å². The van der Waals surface area contributed by atoms with E-state index < -0.39 is 63.1 Å². The fourth-order valence-electron chi connectivity index (χ4n) is 8.69. The number of H-pyrrole nitrogens is 5. The van der Waals surface area contributed by atoms with Gasteiger partial charge in [0.1, 0.15) is 47.9 Å². The van der Waals surface area contributed by atoms with Gasteiger partial charge in [0.05, 0.1) is 99.8 Å². The number of pyridine rings is 2. The van der Waals surface area contributed by atoms with Gasteiger partial charge in [0.2, 0.25) is 11.6 Å². The van der Waals surface area contributed by atoms with E-state index in [9.17, 15) is 52.3 Å². The molecule has 9 heterocycles. The first-order valence-corrected chi connectivity index (χ1v) is 27.3. The number of aryl methyl sites for hydroxylation is 1. The van der Waals surface area contributed by atoms with E-state index in [1.54, 1.807) is 31.2 Å². The molecule has 3 aromatic carbocycles. The van der Waals surface area contributed by atoms with Crippen LogP contribution >= 0.6 is 55.1 Å². The number of Topliss-reactive ketones (excluding diaryl/α,β-unsaturated/α-hetero) is 5. The number of fused-ring (bicyclic) bond motifs is 5. The van der Waals surface area contributed by atoms with Gasteiger partial charge in [-0.3, -0.25) is 33.6 Å². The number of carbonyl (C=O) groups excluding carboxylic acids is 7. The van der Waals surface area contributed by atoms with Crippen molar-refractivity contribution in [1.29, 1.82) is 0 Å². The van der Waals surface area contributed by atoms with E-state index in [1.165, 1.54) is 105 Å². The van der Waals surface area contributed by atoms with E-state index in [2.05, 4.69) is 86.9 Å². The Balaban J connectivity index is 0.000000147. The second-order valence-electron chi connectivity index (χ2n) is 17.8. The van der Waals surface area contributed by atoms with Crippen LogP contribution < -0.4 is 14.2 Å². The monoisotopic (exact) mass is 1400 g/mol. The molecule has 9 aromatic heterocycles. The molecule has 0 unspecified atom stereocenters. The van der Waals surface area contributed by atoms with Gasteiger partial charge in [0.15, 0.2) is 11.6 Å². The number of hydrogen-bond donors (Lipinski definition) is 8. The molecule has 0 radical (unpaired) electrons. The number of rotatable bonds is 15. The molecule has 12 rings (SSSR count). The number of carboxylic acid groups (broad SMARTS) is 3. The summed E-state index contributed by atoms with van der Waals surface area (Å²) in [5.74, 6) is -7.55. The van der Waals surface area contributed by atoms with E-state index >= 15 is 0 Å². The number of para-hydroxylation sites is 1. The number of carbonyl (C=O) groups is 10. The van der Waals surface area contributed by atoms with Crippen LogP contribution in [0.3, 0.4) is 0 Å². The number of nitrogens with zero attached hydrogens (tertiary/aromatic N) is 8. The molecular formula is C56H38Br2Cl2FN13O16. The zero-order valence-corrected chi connectivity index (χ0v) is 50.7. The zero-order valence-electron chi connectivity index (χ0n) is 46.0. The molecule has 0 saturated carbocycles. The van der Waals surface area contributed by atoms with Gasteiger partial charge in [-0.25, -0.2) is 48.1 Å². The molecule has 0 aliphatic rings. The second-order valence-corrected chi connectivity index (χ2v) is 20.2. The lowest BCUT2D eigenvalue weighted by Crippen LogP contribution is -2.12. The highest BCUT2D eigenvalue weighted by molar-refractivity contribution is 9.11. The van der Waals surface area contributed by atoms with E-state index in [4.69, 9.17) is 52.7 Å². The average molecular weight is 1400 g/mol. The van der Waals surface area contributed by atoms with Gasteiger partial charge >= 0.3 is 17.9 Å². The Morgan fingerprint density at radius 1 is 0.511 bits per heavy atom. The van der Waals surface area contributed by atoms with Crippen LogP contribution in [-0.4, -0.2) is 158 Å². The maximum absolute atomic E-state index is 13.5. The largest absolute Gasteiger partial charge is 0.496 e. The highest BCUT2D eigenvalue weighted by atomic mass is 79.9. The van der Waals surface area contributed by atoms with Crippen molar-refractivity contribution in [2.45, 2.75) is 6.92 Å². The first kappa shape index (κ1) is 64.9. The average Bonchev–Trinajstić information content (AvgIpc) is 2.34. The normalized spacial score (nSPS) is 10.6. The number of halogens is 5. The summed E-state index contributed by atoms with van der Waals surface area (Å²) in [6, 6.07) is 13.4. The lowest BCUT2D eigenvalue weighted by atomic mass is 10.1. The second kappa shape index (κ2) is 27.7. The summed E-state index contributed by atoms with van der Waals surface area (Å²) in [6.07, 6.45) is 13.8. The molecule has 458 valence electrons. The first-order chi connectivity index (χ1) is 42.9. The number of ether oxygens (including phenoxy) is 3. The van der Waals surface area contributed by atoms with Crippen molar-refractivity contribution in [3.05, 3.63) is 159 Å². The molecule has 8 N–H and O–H groups in total. The predicted octanol–water partition coefficient (Wildman–Crippen LogP) is 8.49. The third kappa shape index (κ3) is 13.2. The van der Waals surface area contributed by atoms with Crippen LogP contribution in [0.25, 0.3) is 66.2 Å². The number of benzene rings is 3. The number of methoxy groups -OCH3 is 3. The highest BCUT2D eigenvalue weighted by Crippen LogP contribution is 2.36. The molecule has 0 bridgehead atoms. The number of ketones is 5. The minimum atomic E-state index is -1.61. The van der Waals surface area contributed by atoms with Gasteiger partial charge in [-0.1, -0.05) is 18.2 Å². The molecule has 0 amide bonds. The SMILES string of the molecule is COc1ccc(Br)c2[nH]cc(C(=O)C(=O)Cl)c12.COc1cnc(-n2cnc(C)n2)c2[nH]cc(C(=O)C(=O)O)c12.COc1cnc(-n2cncn2)c2[nH]cc(C(=O)C(=O)O)c12.O=C(Cl)C(=O)c1c[nH]c2ccccc12.O=C(O)C(=O)c1c[nH]c2c(Br)ccc(F)c12. The lowest BCUT2D eigenvalue weighted by molar-refractivity contribution is -0.132. The summed E-state index contributed by atoms with van der Waals surface area (Å²) < 4.78 is 33.2. The third-order valence-electron chi connectivity index (χ3n) is 12.7. The minimum absolute atomic E-state index is 0.000151. The van der Waals surface area contributed by atoms with Crippen LogP contribution in [-0.2, 0) is 24.0 Å². The Bertz CT molecular complexity index is 4880. The van der Waals surface area contributed by atoms with Gasteiger partial charge < -0.3 is 54.5 Å². The van der Waals surface area contributed by atoms with Crippen LogP contribution in [0.4, 0.5) is 4.39 Å². The molecule has 0 spiro atoms. The summed E-state index contributed by atoms with van der Waals surface area (Å²) in [5.41, 5.74) is 3.08. The topological polar surface area (TPSA) is 425 Å². The maximum atomic E-state index is 13.5. The van der Waals surface area contributed by atoms with Gasteiger partial charge in [-0.05, 0) is 92.3 Å². The van der Waals surface area contributed by atoms with Crippen LogP contribution in [0.2, 0.25) is 0 Å². The van der Waals surface area contributed by atoms with Crippen LogP contribution in [0.5, 0.6) is 17.2 Å². The van der Waals surface area contributed by atoms with Gasteiger partial charge in [-0.2, -0.15) is 10.2 Å². The standard InChI is InChI=1S/C13H11N5O4.C12H9N5O4.C11H7BrClNO3.C10H5BrFNO3.C10H6ClNO2/c1-6-16-5-18(17-6)12-10-9(8(22-2)4-15-12)7(3-14-10)11(19)13(20)21;1-21-7-3-15-11(17-5-13-4-16-17)9-8(7)6(2-14-9)10(18)12(19)20;1-17-7-3-2-6(12)9-8(7)5(4-14-9)10(15)11(13)16;11-5-1-2-6(12)7-4(3-13-8(5)7)9(14)10(15)16;11-10(14)9(13)7-5-12-8-4-2-1-3-6(7)8/h3-5,14H,1-2H3,(H,20,21);2-5,14H,1H3,(H,19,20);2-4,14H,1H3;1-3,13H,(H,15,16);1-5,12H. The molecule has 0 saturated heterocycles. The van der Waals surface area contributed by atoms with E-state index in [1.807, 2.05) is 12.1 Å². The van der Waals surface area contributed by atoms with Gasteiger partial charge in [0, 0.05) is 56.2 Å². The smallest absolute Gasteiger partial charge is 0.377 e. The molecule has 0 fully saturated rings. The van der Waals surface area contributed by atoms with E-state index in [0.29, 0.717) is 88.4 Å². The Hall–Kier alpha value is -11.1. The fraction of sp³-hybridized carbons (Fsp3) is 0.0714. The van der Waals surface area contributed by atoms with Gasteiger partial charge in [-0.15, -0.1) is 0 Å². The summed E-state index contributed by atoms with van der Waals surface area (Å²) in [4.78, 5) is 142. The van der Waals surface area contributed by atoms with Crippen molar-refractivity contribution < 1.29 is 81.9 Å². The Kier molecular flexibility index (Phi) is 20.0. The number of hydrogen-bond acceptors (Lipinski definition) is 19. The molecule has 29 nitrogen and oxygen atoms in total. The number of aliphatic carboxylic acids is 3. The summed E-state index contributed by atoms with van der Waals surface area (Å²) >= 11 is 16.8. The fourth-order valence-corrected chi connectivity index (χ4v) is 9.78. The third-order valence-corrected chi connectivity index (χ3v) is 14.3. The Morgan fingerprint density at radius 2 is 0.944 bits per heavy atom. The molecule has 0 atom stereocenters. The van der Waals surface area contributed by atoms with Crippen molar-refractivity contribution >= 4 is 167 Å². The zero-order chi connectivity index (χ0) is 65.4. The summed E-state index contributed by atoms with van der Waals surface area (Å²) in [5, 5.41) is 34.4. The van der Waals surface area contributed by atoms with Crippen LogP contribution in [0.15, 0.2) is 120 Å². The quantitative estimate of drug-likeness (QED) is 0.0271. The molecule has 0 aliphatic carbocycles. The molecular weight excluding hydrogens is 1360 g/mol. The van der Waals surface area contributed by atoms with Crippen molar-refractivity contribution in [3.63, 3.8) is 0 Å². The van der Waals surface area contributed by atoms with Crippen molar-refractivity contribution in [2.75, 3.05) is 21.3 Å². The number of aromatic nitrogens is 13. The number of carboxylic acids is 3. The maximum Gasteiger partial charge on any atom is 0.377 e. The summed E-state index contributed by atoms with van der Waals surface area (Å²) in [7, 11) is 4.32. The summed E-state index contributed by atoms with van der Waals surface area (Å²) in [6.45, 7) is 1.73. The Labute approximate surface area is 526 Å². The number of nitrogens with one attached hydrogen (secondary N) is 5. The van der Waals surface area contributed by atoms with E-state index in [0.717, 1.165) is 9.99 Å². The number of aromatic amines is 5. The minimum Gasteiger partial charge on any atom is -0.496 e. The van der Waals surface area contributed by atoms with E-state index in [-0.39, 0.29) is 27.6 Å². The first-order valence-electron chi connectivity index (χ1n) is 24.9.